The summed E-state index contributed by atoms with van der Waals surface area (Å²) < 4.78 is 43.6. The van der Waals surface area contributed by atoms with Gasteiger partial charge in [-0.2, -0.15) is 0 Å². The molecule has 264 valence electrons. The van der Waals surface area contributed by atoms with Crippen molar-refractivity contribution in [2.45, 2.75) is 13.1 Å². The third-order valence-electron chi connectivity index (χ3n) is 7.31. The second-order valence-electron chi connectivity index (χ2n) is 11.7. The second-order valence-corrected chi connectivity index (χ2v) is 11.7. The van der Waals surface area contributed by atoms with E-state index < -0.39 is 23.5 Å². The number of hydrogen-bond acceptors (Lipinski definition) is 9. The molecule has 0 unspecified atom stereocenters. The molecule has 0 fully saturated rings. The Kier molecular flexibility index (Phi) is 13.5. The van der Waals surface area contributed by atoms with E-state index in [9.17, 15) is 18.4 Å². The standard InChI is InChI=1S/C19H18FNO3.C18H17FN2O2.CH4O.H3N/c1-21(2)11-12-4-6-13(7-5-12)17-9-14-8-15(20)10-16(18(14)24-17)19(22)23-3;1-21(2)10-11-3-5-12(6-4-11)16-8-13-7-14(19)9-15(18(20)22)17(13)23-16;1-2;/h4-10H,11H2,1-3H3;3-9H,10H2,1-2H3,(H2,20,22);2H,1H3;1H3. The highest BCUT2D eigenvalue weighted by Crippen LogP contribution is 2.32. The fourth-order valence-corrected chi connectivity index (χ4v) is 5.24. The van der Waals surface area contributed by atoms with E-state index in [4.69, 9.17) is 24.4 Å². The van der Waals surface area contributed by atoms with Gasteiger partial charge in [-0.25, -0.2) is 13.6 Å². The number of carbonyl (C=O) groups excluding carboxylic acids is 2. The molecule has 0 bridgehead atoms. The molecule has 12 heteroatoms. The number of ether oxygens (including phenoxy) is 1. The normalized spacial score (nSPS) is 10.7. The average Bonchev–Trinajstić information content (AvgIpc) is 3.69. The van der Waals surface area contributed by atoms with Crippen LogP contribution in [0.3, 0.4) is 0 Å². The molecule has 2 aromatic heterocycles. The zero-order valence-electron chi connectivity index (χ0n) is 28.9. The number of aliphatic hydroxyl groups is 1. The van der Waals surface area contributed by atoms with E-state index in [-0.39, 0.29) is 17.3 Å². The number of fused-ring (bicyclic) bond motifs is 2. The molecule has 0 aliphatic heterocycles. The Labute approximate surface area is 289 Å². The second kappa shape index (κ2) is 17.3. The highest BCUT2D eigenvalue weighted by molar-refractivity contribution is 6.05. The molecular weight excluding hydrogens is 646 g/mol. The van der Waals surface area contributed by atoms with Crippen LogP contribution in [0.1, 0.15) is 31.8 Å². The summed E-state index contributed by atoms with van der Waals surface area (Å²) in [5, 5.41) is 8.05. The number of carbonyl (C=O) groups is 2. The average molecular weight is 689 g/mol. The van der Waals surface area contributed by atoms with Gasteiger partial charge in [0.25, 0.3) is 5.91 Å². The van der Waals surface area contributed by atoms with Crippen molar-refractivity contribution in [1.29, 1.82) is 0 Å². The monoisotopic (exact) mass is 688 g/mol. The van der Waals surface area contributed by atoms with Crippen molar-refractivity contribution in [3.05, 3.63) is 119 Å². The predicted molar refractivity (Wildman–Crippen MR) is 191 cm³/mol. The molecule has 0 atom stereocenters. The minimum atomic E-state index is -0.711. The summed E-state index contributed by atoms with van der Waals surface area (Å²) in [4.78, 5) is 27.4. The van der Waals surface area contributed by atoms with E-state index in [1.54, 1.807) is 12.1 Å². The Hall–Kier alpha value is -5.40. The number of rotatable bonds is 8. The zero-order valence-corrected chi connectivity index (χ0v) is 28.9. The number of halogens is 2. The number of esters is 1. The molecule has 10 nitrogen and oxygen atoms in total. The van der Waals surface area contributed by atoms with Crippen LogP contribution in [0, 0.1) is 11.6 Å². The van der Waals surface area contributed by atoms with Crippen LogP contribution in [0.2, 0.25) is 0 Å². The molecule has 2 heterocycles. The smallest absolute Gasteiger partial charge is 0.341 e. The molecule has 6 rings (SSSR count). The summed E-state index contributed by atoms with van der Waals surface area (Å²) in [5.74, 6) is -1.20. The van der Waals surface area contributed by atoms with Gasteiger partial charge in [0, 0.05) is 42.1 Å². The van der Waals surface area contributed by atoms with Gasteiger partial charge in [-0.15, -0.1) is 0 Å². The lowest BCUT2D eigenvalue weighted by Gasteiger charge is -2.09. The van der Waals surface area contributed by atoms with Crippen molar-refractivity contribution in [3.8, 4) is 22.6 Å². The Bertz CT molecular complexity index is 2050. The summed E-state index contributed by atoms with van der Waals surface area (Å²) in [5.41, 5.74) is 10.2. The van der Waals surface area contributed by atoms with Gasteiger partial charge in [-0.05, 0) is 75.7 Å². The summed E-state index contributed by atoms with van der Waals surface area (Å²) >= 11 is 0. The molecule has 0 saturated heterocycles. The minimum Gasteiger partial charge on any atom is -0.465 e. The molecule has 0 spiro atoms. The minimum absolute atomic E-state index is 0. The van der Waals surface area contributed by atoms with Crippen molar-refractivity contribution in [3.63, 3.8) is 0 Å². The summed E-state index contributed by atoms with van der Waals surface area (Å²) in [6, 6.07) is 24.2. The van der Waals surface area contributed by atoms with E-state index >= 15 is 0 Å². The highest BCUT2D eigenvalue weighted by Gasteiger charge is 2.18. The molecule has 0 aliphatic rings. The maximum Gasteiger partial charge on any atom is 0.341 e. The van der Waals surface area contributed by atoms with Gasteiger partial charge >= 0.3 is 5.97 Å². The fraction of sp³-hybridized carbons (Fsp3) is 0.211. The lowest BCUT2D eigenvalue weighted by atomic mass is 10.1. The summed E-state index contributed by atoms with van der Waals surface area (Å²) in [6.45, 7) is 1.69. The maximum absolute atomic E-state index is 13.7. The Morgan fingerprint density at radius 1 is 0.680 bits per heavy atom. The Balaban J connectivity index is 0.000000253. The van der Waals surface area contributed by atoms with Gasteiger partial charge in [0.1, 0.15) is 39.9 Å². The van der Waals surface area contributed by atoms with E-state index in [0.717, 1.165) is 43.5 Å². The van der Waals surface area contributed by atoms with E-state index in [1.165, 1.54) is 30.4 Å². The largest absolute Gasteiger partial charge is 0.465 e. The first-order valence-corrected chi connectivity index (χ1v) is 15.2. The number of hydrogen-bond donors (Lipinski definition) is 3. The first-order chi connectivity index (χ1) is 23.4. The number of furan rings is 2. The maximum atomic E-state index is 13.7. The molecule has 0 radical (unpaired) electrons. The van der Waals surface area contributed by atoms with Crippen LogP contribution in [0.25, 0.3) is 44.6 Å². The Morgan fingerprint density at radius 3 is 1.42 bits per heavy atom. The molecule has 1 amide bonds. The molecule has 0 saturated carbocycles. The van der Waals surface area contributed by atoms with Crippen molar-refractivity contribution >= 4 is 33.8 Å². The van der Waals surface area contributed by atoms with Crippen molar-refractivity contribution < 1.29 is 37.0 Å². The SMILES string of the molecule is CN(C)Cc1ccc(-c2cc3cc(F)cc(C(N)=O)c3o2)cc1.CO.COC(=O)c1cc(F)cc2cc(-c3ccc(CN(C)C)cc3)oc12.N. The quantitative estimate of drug-likeness (QED) is 0.140. The molecule has 6 aromatic rings. The topological polar surface area (TPSA) is 157 Å². The molecule has 4 aromatic carbocycles. The Morgan fingerprint density at radius 2 is 1.06 bits per heavy atom. The number of aliphatic hydroxyl groups excluding tert-OH is 1. The fourth-order valence-electron chi connectivity index (χ4n) is 5.24. The van der Waals surface area contributed by atoms with Gasteiger partial charge in [-0.3, -0.25) is 4.79 Å². The van der Waals surface area contributed by atoms with Gasteiger partial charge < -0.3 is 40.4 Å². The first-order valence-electron chi connectivity index (χ1n) is 15.2. The first kappa shape index (κ1) is 39.0. The van der Waals surface area contributed by atoms with Gasteiger partial charge in [0.2, 0.25) is 0 Å². The van der Waals surface area contributed by atoms with E-state index in [0.29, 0.717) is 33.5 Å². The van der Waals surface area contributed by atoms with Gasteiger partial charge in [0.05, 0.1) is 12.7 Å². The number of methoxy groups -OCH3 is 1. The molecule has 0 aliphatic carbocycles. The lowest BCUT2D eigenvalue weighted by Crippen LogP contribution is -2.11. The van der Waals surface area contributed by atoms with Crippen molar-refractivity contribution in [2.75, 3.05) is 42.4 Å². The number of nitrogens with two attached hydrogens (primary N) is 1. The van der Waals surface area contributed by atoms with Crippen LogP contribution < -0.4 is 11.9 Å². The predicted octanol–water partition coefficient (Wildman–Crippen LogP) is 7.26. The lowest BCUT2D eigenvalue weighted by molar-refractivity contribution is 0.0601. The van der Waals surface area contributed by atoms with Crippen molar-refractivity contribution in [2.24, 2.45) is 5.73 Å². The van der Waals surface area contributed by atoms with Gasteiger partial charge in [0.15, 0.2) is 0 Å². The van der Waals surface area contributed by atoms with Crippen LogP contribution in [0.15, 0.2) is 93.8 Å². The summed E-state index contributed by atoms with van der Waals surface area (Å²) in [7, 11) is 10.3. The molecular formula is C38H42F2N4O6. The van der Waals surface area contributed by atoms with Crippen molar-refractivity contribution in [1.82, 2.24) is 16.0 Å². The third-order valence-corrected chi connectivity index (χ3v) is 7.31. The van der Waals surface area contributed by atoms with Crippen LogP contribution in [0.4, 0.5) is 8.78 Å². The molecule has 50 heavy (non-hydrogen) atoms. The van der Waals surface area contributed by atoms with Crippen LogP contribution in [0.5, 0.6) is 0 Å². The highest BCUT2D eigenvalue weighted by atomic mass is 19.1. The number of amides is 1. The molecule has 6 N–H and O–H groups in total. The van der Waals surface area contributed by atoms with E-state index in [1.807, 2.05) is 76.7 Å². The van der Waals surface area contributed by atoms with Gasteiger partial charge in [-0.1, -0.05) is 48.5 Å². The van der Waals surface area contributed by atoms with Crippen LogP contribution >= 0.6 is 0 Å². The van der Waals surface area contributed by atoms with E-state index in [2.05, 4.69) is 9.80 Å². The summed E-state index contributed by atoms with van der Waals surface area (Å²) in [6.07, 6.45) is 0. The third kappa shape index (κ3) is 9.39. The number of benzene rings is 4. The number of primary amides is 1. The van der Waals surface area contributed by atoms with Crippen LogP contribution in [-0.4, -0.2) is 69.2 Å². The number of nitrogens with zero attached hydrogens (tertiary/aromatic N) is 2. The van der Waals surface area contributed by atoms with Crippen LogP contribution in [-0.2, 0) is 17.8 Å². The zero-order chi connectivity index (χ0) is 35.8.